The molecule has 170 valence electrons. The van der Waals surface area contributed by atoms with Gasteiger partial charge >= 0.3 is 0 Å². The molecule has 0 radical (unpaired) electrons. The van der Waals surface area contributed by atoms with E-state index in [1.54, 1.807) is 19.1 Å². The largest absolute Gasteiger partial charge is 0.382 e. The minimum atomic E-state index is -1.25. The van der Waals surface area contributed by atoms with Crippen LogP contribution in [0.5, 0.6) is 0 Å². The van der Waals surface area contributed by atoms with Crippen molar-refractivity contribution in [1.82, 2.24) is 9.88 Å². The molecule has 0 unspecified atom stereocenters. The molecular weight excluding hydrogens is 462 g/mol. The number of halogens is 3. The maximum Gasteiger partial charge on any atom is 0.141 e. The number of benzene rings is 2. The van der Waals surface area contributed by atoms with E-state index in [0.29, 0.717) is 47.5 Å². The Kier molecular flexibility index (Phi) is 6.87. The maximum absolute atomic E-state index is 13.3. The Morgan fingerprint density at radius 1 is 1.12 bits per heavy atom. The molecule has 1 N–H and O–H groups in total. The Morgan fingerprint density at radius 2 is 1.85 bits per heavy atom. The number of aliphatic hydroxyl groups is 1. The zero-order valence-electron chi connectivity index (χ0n) is 18.0. The summed E-state index contributed by atoms with van der Waals surface area (Å²) in [5, 5.41) is 21.9. The quantitative estimate of drug-likeness (QED) is 0.540. The van der Waals surface area contributed by atoms with Crippen LogP contribution in [-0.4, -0.2) is 41.2 Å². The fourth-order valence-corrected chi connectivity index (χ4v) is 4.60. The van der Waals surface area contributed by atoms with Crippen LogP contribution in [0, 0.1) is 17.1 Å². The van der Waals surface area contributed by atoms with Crippen LogP contribution in [0.25, 0.3) is 0 Å². The molecule has 1 saturated heterocycles. The Labute approximate surface area is 202 Å². The Bertz CT molecular complexity index is 1160. The summed E-state index contributed by atoms with van der Waals surface area (Å²) in [5.74, 6) is -0.442. The summed E-state index contributed by atoms with van der Waals surface area (Å²) >= 11 is 12.2. The van der Waals surface area contributed by atoms with Crippen molar-refractivity contribution in [3.8, 4) is 6.07 Å². The summed E-state index contributed by atoms with van der Waals surface area (Å²) in [7, 11) is 0. The van der Waals surface area contributed by atoms with E-state index in [9.17, 15) is 14.8 Å². The van der Waals surface area contributed by atoms with Gasteiger partial charge in [0, 0.05) is 36.2 Å². The topological polar surface area (TPSA) is 63.4 Å². The minimum Gasteiger partial charge on any atom is -0.382 e. The van der Waals surface area contributed by atoms with Crippen molar-refractivity contribution < 1.29 is 9.50 Å². The van der Waals surface area contributed by atoms with Crippen molar-refractivity contribution in [3.05, 3.63) is 93.5 Å². The summed E-state index contributed by atoms with van der Waals surface area (Å²) in [6.45, 7) is 3.91. The smallest absolute Gasteiger partial charge is 0.141 e. The molecule has 0 bridgehead atoms. The zero-order chi connectivity index (χ0) is 23.6. The fourth-order valence-electron chi connectivity index (χ4n) is 4.30. The van der Waals surface area contributed by atoms with E-state index < -0.39 is 11.4 Å². The second-order valence-corrected chi connectivity index (χ2v) is 9.28. The standard InChI is InChI=1S/C25H23Cl2FN4O/c1-25(33,24-9-7-21(28)14-30-24)16-31-10-11-32(22-8-6-20(27)12-18(22)13-29)23(15-31)17-2-4-19(26)5-3-17/h2-9,12,14,23,33H,10-11,15-16H2,1H3/t23-,25+/m0/s1. The van der Waals surface area contributed by atoms with Gasteiger partial charge in [-0.2, -0.15) is 5.26 Å². The second-order valence-electron chi connectivity index (χ2n) is 8.40. The van der Waals surface area contributed by atoms with Crippen LogP contribution in [0.2, 0.25) is 10.0 Å². The van der Waals surface area contributed by atoms with Crippen molar-refractivity contribution in [2.45, 2.75) is 18.6 Å². The molecular formula is C25H23Cl2FN4O. The molecule has 2 aromatic carbocycles. The molecule has 2 atom stereocenters. The van der Waals surface area contributed by atoms with Gasteiger partial charge in [-0.3, -0.25) is 9.88 Å². The predicted molar refractivity (Wildman–Crippen MR) is 128 cm³/mol. The number of hydrogen-bond acceptors (Lipinski definition) is 5. The van der Waals surface area contributed by atoms with Crippen LogP contribution in [-0.2, 0) is 5.60 Å². The number of aromatic nitrogens is 1. The number of β-amino-alcohol motifs (C(OH)–C–C–N with tert-alkyl or cyclic N) is 1. The van der Waals surface area contributed by atoms with E-state index in [1.165, 1.54) is 12.1 Å². The Morgan fingerprint density at radius 3 is 2.52 bits per heavy atom. The van der Waals surface area contributed by atoms with Crippen molar-refractivity contribution in [2.24, 2.45) is 0 Å². The molecule has 5 nitrogen and oxygen atoms in total. The highest BCUT2D eigenvalue weighted by atomic mass is 35.5. The number of rotatable bonds is 5. The van der Waals surface area contributed by atoms with Crippen LogP contribution in [0.4, 0.5) is 10.1 Å². The van der Waals surface area contributed by atoms with E-state index >= 15 is 0 Å². The predicted octanol–water partition coefficient (Wildman–Crippen LogP) is 5.17. The van der Waals surface area contributed by atoms with E-state index in [4.69, 9.17) is 23.2 Å². The highest BCUT2D eigenvalue weighted by Gasteiger charge is 2.34. The molecule has 1 fully saturated rings. The molecule has 3 aromatic rings. The van der Waals surface area contributed by atoms with E-state index in [1.807, 2.05) is 30.3 Å². The SMILES string of the molecule is C[C@@](O)(CN1CCN(c2ccc(Cl)cc2C#N)[C@H](c2ccc(Cl)cc2)C1)c1ccc(F)cn1. The highest BCUT2D eigenvalue weighted by molar-refractivity contribution is 6.31. The third kappa shape index (κ3) is 5.29. The van der Waals surface area contributed by atoms with E-state index in [-0.39, 0.29) is 6.04 Å². The molecule has 2 heterocycles. The number of pyridine rings is 1. The molecule has 0 aliphatic carbocycles. The van der Waals surface area contributed by atoms with Crippen molar-refractivity contribution in [1.29, 1.82) is 5.26 Å². The molecule has 0 saturated carbocycles. The summed E-state index contributed by atoms with van der Waals surface area (Å²) < 4.78 is 13.3. The first-order valence-corrected chi connectivity index (χ1v) is 11.3. The van der Waals surface area contributed by atoms with Gasteiger partial charge in [-0.1, -0.05) is 35.3 Å². The molecule has 1 aromatic heterocycles. The number of nitriles is 1. The number of piperazine rings is 1. The summed E-state index contributed by atoms with van der Waals surface area (Å²) in [6.07, 6.45) is 1.11. The van der Waals surface area contributed by atoms with Crippen molar-refractivity contribution in [2.75, 3.05) is 31.1 Å². The lowest BCUT2D eigenvalue weighted by Gasteiger charge is -2.45. The Balaban J connectivity index is 1.63. The fraction of sp³-hybridized carbons (Fsp3) is 0.280. The molecule has 33 heavy (non-hydrogen) atoms. The van der Waals surface area contributed by atoms with Gasteiger partial charge in [0.05, 0.1) is 29.2 Å². The van der Waals surface area contributed by atoms with Gasteiger partial charge < -0.3 is 10.0 Å². The van der Waals surface area contributed by atoms with Gasteiger partial charge in [0.15, 0.2) is 0 Å². The Hall–Kier alpha value is -2.69. The van der Waals surface area contributed by atoms with Gasteiger partial charge in [-0.25, -0.2) is 4.39 Å². The van der Waals surface area contributed by atoms with Crippen LogP contribution in [0.3, 0.4) is 0 Å². The third-order valence-electron chi connectivity index (χ3n) is 5.92. The lowest BCUT2D eigenvalue weighted by molar-refractivity contribution is 0.00669. The van der Waals surface area contributed by atoms with Crippen LogP contribution < -0.4 is 4.90 Å². The third-order valence-corrected chi connectivity index (χ3v) is 6.41. The monoisotopic (exact) mass is 484 g/mol. The number of hydrogen-bond donors (Lipinski definition) is 1. The second kappa shape index (κ2) is 9.66. The van der Waals surface area contributed by atoms with Gasteiger partial charge in [-0.05, 0) is 55.0 Å². The summed E-state index contributed by atoms with van der Waals surface area (Å²) in [6, 6.07) is 18.0. The molecule has 4 rings (SSSR count). The first-order chi connectivity index (χ1) is 15.8. The average Bonchev–Trinajstić information content (AvgIpc) is 2.80. The number of nitrogens with zero attached hydrogens (tertiary/aromatic N) is 4. The molecule has 0 amide bonds. The lowest BCUT2D eigenvalue weighted by atomic mass is 9.96. The van der Waals surface area contributed by atoms with E-state index in [2.05, 4.69) is 20.9 Å². The van der Waals surface area contributed by atoms with Crippen LogP contribution >= 0.6 is 23.2 Å². The number of anilines is 1. The highest BCUT2D eigenvalue weighted by Crippen LogP contribution is 2.35. The average molecular weight is 485 g/mol. The maximum atomic E-state index is 13.3. The zero-order valence-corrected chi connectivity index (χ0v) is 19.6. The van der Waals surface area contributed by atoms with Crippen LogP contribution in [0.1, 0.15) is 29.8 Å². The van der Waals surface area contributed by atoms with Gasteiger partial charge in [0.1, 0.15) is 17.5 Å². The summed E-state index contributed by atoms with van der Waals surface area (Å²) in [4.78, 5) is 8.42. The molecule has 1 aliphatic rings. The van der Waals surface area contributed by atoms with E-state index in [0.717, 1.165) is 17.4 Å². The van der Waals surface area contributed by atoms with Gasteiger partial charge in [0.25, 0.3) is 0 Å². The minimum absolute atomic E-state index is 0.0822. The van der Waals surface area contributed by atoms with Gasteiger partial charge in [0.2, 0.25) is 0 Å². The van der Waals surface area contributed by atoms with Crippen molar-refractivity contribution >= 4 is 28.9 Å². The summed E-state index contributed by atoms with van der Waals surface area (Å²) in [5.41, 5.74) is 1.53. The van der Waals surface area contributed by atoms with Crippen LogP contribution in [0.15, 0.2) is 60.8 Å². The molecule has 8 heteroatoms. The van der Waals surface area contributed by atoms with Crippen molar-refractivity contribution in [3.63, 3.8) is 0 Å². The molecule has 1 aliphatic heterocycles. The van der Waals surface area contributed by atoms with Gasteiger partial charge in [-0.15, -0.1) is 0 Å². The normalized spacial score (nSPS) is 18.5. The lowest BCUT2D eigenvalue weighted by Crippen LogP contribution is -2.52. The molecule has 0 spiro atoms. The first-order valence-electron chi connectivity index (χ1n) is 10.6. The first kappa shape index (κ1) is 23.5.